The van der Waals surface area contributed by atoms with Crippen molar-refractivity contribution in [3.8, 4) is 0 Å². The van der Waals surface area contributed by atoms with Gasteiger partial charge in [0.15, 0.2) is 0 Å². The molecule has 1 unspecified atom stereocenters. The van der Waals surface area contributed by atoms with Crippen molar-refractivity contribution in [1.29, 1.82) is 0 Å². The van der Waals surface area contributed by atoms with E-state index in [0.29, 0.717) is 19.5 Å². The fraction of sp³-hybridized carbons (Fsp3) is 0.412. The zero-order chi connectivity index (χ0) is 18.2. The molecule has 1 aliphatic rings. The smallest absolute Gasteiger partial charge is 0.444 e. The highest BCUT2D eigenvalue weighted by Gasteiger charge is 2.29. The Morgan fingerprint density at radius 2 is 2.12 bits per heavy atom. The third-order valence-electron chi connectivity index (χ3n) is 4.10. The first kappa shape index (κ1) is 19.0. The standard InChI is InChI=1S/C17H23BN2O5/c1-2-16(21)20-10-6-9-14(12-20)25-17(22)19-15(18(23)24)11-13-7-4-3-5-8-13/h2-5,7-8,14-15,23-24H,1,6,9-12H2,(H,19,22)/t14-,15?/m0/s1. The van der Waals surface area contributed by atoms with Gasteiger partial charge in [-0.15, -0.1) is 0 Å². The summed E-state index contributed by atoms with van der Waals surface area (Å²) in [6.07, 6.45) is 1.73. The molecule has 0 aromatic heterocycles. The van der Waals surface area contributed by atoms with Crippen molar-refractivity contribution in [1.82, 2.24) is 10.2 Å². The van der Waals surface area contributed by atoms with Crippen LogP contribution in [0.3, 0.4) is 0 Å². The van der Waals surface area contributed by atoms with Gasteiger partial charge in [-0.3, -0.25) is 4.79 Å². The maximum absolute atomic E-state index is 12.1. The molecule has 8 heteroatoms. The Hall–Kier alpha value is -2.32. The zero-order valence-electron chi connectivity index (χ0n) is 14.0. The van der Waals surface area contributed by atoms with Crippen molar-refractivity contribution in [2.45, 2.75) is 31.3 Å². The molecule has 0 aliphatic carbocycles. The lowest BCUT2D eigenvalue weighted by Gasteiger charge is -2.32. The van der Waals surface area contributed by atoms with E-state index in [4.69, 9.17) is 4.74 Å². The van der Waals surface area contributed by atoms with Gasteiger partial charge < -0.3 is 25.0 Å². The highest BCUT2D eigenvalue weighted by molar-refractivity contribution is 6.43. The number of alkyl carbamates (subject to hydrolysis) is 1. The van der Waals surface area contributed by atoms with Crippen molar-refractivity contribution < 1.29 is 24.4 Å². The van der Waals surface area contributed by atoms with Crippen LogP contribution < -0.4 is 5.32 Å². The first-order chi connectivity index (χ1) is 12.0. The van der Waals surface area contributed by atoms with Crippen LogP contribution in [-0.2, 0) is 16.0 Å². The van der Waals surface area contributed by atoms with Gasteiger partial charge in [0.1, 0.15) is 6.10 Å². The highest BCUT2D eigenvalue weighted by atomic mass is 16.6. The number of ether oxygens (including phenoxy) is 1. The maximum atomic E-state index is 12.1. The Labute approximate surface area is 147 Å². The van der Waals surface area contributed by atoms with Crippen molar-refractivity contribution in [3.05, 3.63) is 48.6 Å². The molecule has 2 amide bonds. The lowest BCUT2D eigenvalue weighted by atomic mass is 9.76. The zero-order valence-corrected chi connectivity index (χ0v) is 14.0. The number of nitrogens with one attached hydrogen (secondary N) is 1. The van der Waals surface area contributed by atoms with E-state index in [2.05, 4.69) is 11.9 Å². The number of carbonyl (C=O) groups is 2. The van der Waals surface area contributed by atoms with Crippen LogP contribution in [0.15, 0.2) is 43.0 Å². The summed E-state index contributed by atoms with van der Waals surface area (Å²) in [7, 11) is -1.71. The molecule has 3 N–H and O–H groups in total. The van der Waals surface area contributed by atoms with E-state index in [-0.39, 0.29) is 12.3 Å². The van der Waals surface area contributed by atoms with Gasteiger partial charge in [0.2, 0.25) is 5.91 Å². The van der Waals surface area contributed by atoms with Crippen LogP contribution in [0.25, 0.3) is 0 Å². The van der Waals surface area contributed by atoms with Gasteiger partial charge in [-0.25, -0.2) is 4.79 Å². The summed E-state index contributed by atoms with van der Waals surface area (Å²) in [5.41, 5.74) is 0.862. The largest absolute Gasteiger partial charge is 0.475 e. The number of benzene rings is 1. The highest BCUT2D eigenvalue weighted by Crippen LogP contribution is 2.14. The van der Waals surface area contributed by atoms with E-state index < -0.39 is 25.3 Å². The number of likely N-dealkylation sites (tertiary alicyclic amines) is 1. The molecular weight excluding hydrogens is 323 g/mol. The van der Waals surface area contributed by atoms with Gasteiger partial charge in [0, 0.05) is 6.54 Å². The normalized spacial score (nSPS) is 18.2. The van der Waals surface area contributed by atoms with Crippen LogP contribution >= 0.6 is 0 Å². The molecule has 2 rings (SSSR count). The Balaban J connectivity index is 1.88. The molecule has 0 spiro atoms. The Morgan fingerprint density at radius 3 is 2.76 bits per heavy atom. The van der Waals surface area contributed by atoms with Gasteiger partial charge in [-0.1, -0.05) is 36.9 Å². The molecule has 1 heterocycles. The van der Waals surface area contributed by atoms with Crippen LogP contribution in [0, 0.1) is 0 Å². The van der Waals surface area contributed by atoms with Crippen molar-refractivity contribution in [2.24, 2.45) is 0 Å². The lowest BCUT2D eigenvalue weighted by Crippen LogP contribution is -2.50. The summed E-state index contributed by atoms with van der Waals surface area (Å²) in [5.74, 6) is -1.08. The van der Waals surface area contributed by atoms with Crippen molar-refractivity contribution in [3.63, 3.8) is 0 Å². The monoisotopic (exact) mass is 346 g/mol. The molecular formula is C17H23BN2O5. The summed E-state index contributed by atoms with van der Waals surface area (Å²) in [6.45, 7) is 4.37. The minimum Gasteiger partial charge on any atom is -0.444 e. The van der Waals surface area contributed by atoms with Gasteiger partial charge >= 0.3 is 13.2 Å². The van der Waals surface area contributed by atoms with Crippen LogP contribution in [-0.4, -0.2) is 59.2 Å². The molecule has 1 aromatic carbocycles. The number of hydrogen-bond donors (Lipinski definition) is 3. The number of nitrogens with zero attached hydrogens (tertiary/aromatic N) is 1. The first-order valence-corrected chi connectivity index (χ1v) is 8.28. The molecule has 25 heavy (non-hydrogen) atoms. The number of amides is 2. The molecule has 2 atom stereocenters. The number of hydrogen-bond acceptors (Lipinski definition) is 5. The third kappa shape index (κ3) is 5.92. The minimum absolute atomic E-state index is 0.193. The van der Waals surface area contributed by atoms with Crippen molar-refractivity contribution >= 4 is 19.1 Å². The average Bonchev–Trinajstić information content (AvgIpc) is 2.61. The summed E-state index contributed by atoms with van der Waals surface area (Å²) in [5, 5.41) is 21.5. The maximum Gasteiger partial charge on any atom is 0.475 e. The summed E-state index contributed by atoms with van der Waals surface area (Å²) >= 11 is 0. The number of rotatable bonds is 6. The third-order valence-corrected chi connectivity index (χ3v) is 4.10. The van der Waals surface area contributed by atoms with E-state index in [0.717, 1.165) is 12.0 Å². The SMILES string of the molecule is C=CC(=O)N1CCC[C@H](OC(=O)NC(Cc2ccccc2)B(O)O)C1. The second kappa shape index (κ2) is 9.24. The van der Waals surface area contributed by atoms with E-state index in [1.54, 1.807) is 4.90 Å². The van der Waals surface area contributed by atoms with E-state index in [9.17, 15) is 19.6 Å². The minimum atomic E-state index is -1.71. The fourth-order valence-electron chi connectivity index (χ4n) is 2.80. The molecule has 134 valence electrons. The van der Waals surface area contributed by atoms with E-state index in [1.165, 1.54) is 6.08 Å². The van der Waals surface area contributed by atoms with Gasteiger partial charge in [-0.2, -0.15) is 0 Å². The molecule has 1 saturated heterocycles. The quantitative estimate of drug-likeness (QED) is 0.515. The number of piperidine rings is 1. The molecule has 0 saturated carbocycles. The molecule has 0 radical (unpaired) electrons. The van der Waals surface area contributed by atoms with Crippen LogP contribution in [0.4, 0.5) is 4.79 Å². The van der Waals surface area contributed by atoms with Crippen molar-refractivity contribution in [2.75, 3.05) is 13.1 Å². The summed E-state index contributed by atoms with van der Waals surface area (Å²) in [6, 6.07) is 9.20. The summed E-state index contributed by atoms with van der Waals surface area (Å²) < 4.78 is 5.33. The van der Waals surface area contributed by atoms with Gasteiger partial charge in [-0.05, 0) is 30.9 Å². The molecule has 1 aliphatic heterocycles. The van der Waals surface area contributed by atoms with Crippen LogP contribution in [0.5, 0.6) is 0 Å². The fourth-order valence-corrected chi connectivity index (χ4v) is 2.80. The topological polar surface area (TPSA) is 99.1 Å². The number of carbonyl (C=O) groups excluding carboxylic acids is 2. The predicted molar refractivity (Wildman–Crippen MR) is 93.5 cm³/mol. The second-order valence-electron chi connectivity index (χ2n) is 6.01. The predicted octanol–water partition coefficient (Wildman–Crippen LogP) is 0.513. The second-order valence-corrected chi connectivity index (χ2v) is 6.01. The summed E-state index contributed by atoms with van der Waals surface area (Å²) in [4.78, 5) is 25.3. The van der Waals surface area contributed by atoms with Gasteiger partial charge in [0.25, 0.3) is 0 Å². The average molecular weight is 346 g/mol. The molecule has 7 nitrogen and oxygen atoms in total. The van der Waals surface area contributed by atoms with Gasteiger partial charge in [0.05, 0.1) is 12.5 Å². The van der Waals surface area contributed by atoms with E-state index >= 15 is 0 Å². The lowest BCUT2D eigenvalue weighted by molar-refractivity contribution is -0.129. The van der Waals surface area contributed by atoms with E-state index in [1.807, 2.05) is 30.3 Å². The Kier molecular flexibility index (Phi) is 7.03. The Bertz CT molecular complexity index is 596. The first-order valence-electron chi connectivity index (χ1n) is 8.28. The van der Waals surface area contributed by atoms with Crippen LogP contribution in [0.1, 0.15) is 18.4 Å². The molecule has 1 aromatic rings. The molecule has 0 bridgehead atoms. The van der Waals surface area contributed by atoms with Crippen LogP contribution in [0.2, 0.25) is 0 Å². The molecule has 1 fully saturated rings. The Morgan fingerprint density at radius 1 is 1.40 bits per heavy atom.